The molecular weight excluding hydrogens is 264 g/mol. The monoisotopic (exact) mass is 290 g/mol. The predicted octanol–water partition coefficient (Wildman–Crippen LogP) is 2.17. The van der Waals surface area contributed by atoms with Crippen LogP contribution < -0.4 is 10.5 Å². The number of hydrogen-bond acceptors (Lipinski definition) is 4. The molecule has 1 saturated carbocycles. The Labute approximate surface area is 127 Å². The molecule has 116 valence electrons. The van der Waals surface area contributed by atoms with Crippen LogP contribution in [0, 0.1) is 0 Å². The number of benzene rings is 1. The molecular formula is C17H26N2O2. The maximum Gasteiger partial charge on any atom is 0.123 e. The second-order valence-electron chi connectivity index (χ2n) is 6.16. The van der Waals surface area contributed by atoms with E-state index in [0.717, 1.165) is 38.3 Å². The molecule has 4 heteroatoms. The molecule has 0 saturated heterocycles. The molecule has 1 heterocycles. The van der Waals surface area contributed by atoms with Crippen LogP contribution in [0.2, 0.25) is 0 Å². The summed E-state index contributed by atoms with van der Waals surface area (Å²) in [5, 5.41) is 0. The Morgan fingerprint density at radius 2 is 2.24 bits per heavy atom. The fourth-order valence-electron chi connectivity index (χ4n) is 3.96. The summed E-state index contributed by atoms with van der Waals surface area (Å²) in [6.07, 6.45) is 4.91. The van der Waals surface area contributed by atoms with E-state index in [1.165, 1.54) is 18.4 Å². The van der Waals surface area contributed by atoms with E-state index < -0.39 is 0 Å². The van der Waals surface area contributed by atoms with E-state index in [-0.39, 0.29) is 11.6 Å². The number of nitrogens with zero attached hydrogens (tertiary/aromatic N) is 1. The van der Waals surface area contributed by atoms with Crippen molar-refractivity contribution in [3.8, 4) is 5.75 Å². The first kappa shape index (κ1) is 14.8. The number of rotatable bonds is 3. The van der Waals surface area contributed by atoms with Crippen molar-refractivity contribution in [3.63, 3.8) is 0 Å². The highest BCUT2D eigenvalue weighted by Crippen LogP contribution is 2.37. The van der Waals surface area contributed by atoms with Gasteiger partial charge in [-0.3, -0.25) is 4.90 Å². The Morgan fingerprint density at radius 3 is 3.05 bits per heavy atom. The molecule has 4 nitrogen and oxygen atoms in total. The SMILES string of the molecule is COC1CCCCC1(CN)N1CCOc2ccccc2C1. The highest BCUT2D eigenvalue weighted by atomic mass is 16.5. The van der Waals surface area contributed by atoms with E-state index in [4.69, 9.17) is 15.2 Å². The molecule has 1 aliphatic heterocycles. The molecule has 1 fully saturated rings. The van der Waals surface area contributed by atoms with Gasteiger partial charge in [-0.1, -0.05) is 31.0 Å². The first-order chi connectivity index (χ1) is 10.3. The molecule has 0 bridgehead atoms. The Hall–Kier alpha value is -1.10. The third kappa shape index (κ3) is 2.68. The number of methoxy groups -OCH3 is 1. The molecule has 2 atom stereocenters. The molecule has 0 radical (unpaired) electrons. The second-order valence-corrected chi connectivity index (χ2v) is 6.16. The standard InChI is InChI=1S/C17H26N2O2/c1-20-16-8-4-5-9-17(16,13-18)19-10-11-21-15-7-3-2-6-14(15)12-19/h2-3,6-7,16H,4-5,8-13,18H2,1H3. The van der Waals surface area contributed by atoms with Gasteiger partial charge in [0.05, 0.1) is 11.6 Å². The summed E-state index contributed by atoms with van der Waals surface area (Å²) in [5.74, 6) is 1.01. The van der Waals surface area contributed by atoms with Gasteiger partial charge in [-0.15, -0.1) is 0 Å². The summed E-state index contributed by atoms with van der Waals surface area (Å²) < 4.78 is 11.7. The maximum atomic E-state index is 6.24. The van der Waals surface area contributed by atoms with Crippen LogP contribution in [0.1, 0.15) is 31.2 Å². The number of fused-ring (bicyclic) bond motifs is 1. The average molecular weight is 290 g/mol. The van der Waals surface area contributed by atoms with Crippen LogP contribution in [0.15, 0.2) is 24.3 Å². The van der Waals surface area contributed by atoms with Crippen LogP contribution in [-0.4, -0.2) is 43.3 Å². The highest BCUT2D eigenvalue weighted by molar-refractivity contribution is 5.34. The molecule has 2 unspecified atom stereocenters. The van der Waals surface area contributed by atoms with Gasteiger partial charge in [0.2, 0.25) is 0 Å². The molecule has 1 aromatic rings. The van der Waals surface area contributed by atoms with Gasteiger partial charge < -0.3 is 15.2 Å². The van der Waals surface area contributed by atoms with Crippen LogP contribution in [-0.2, 0) is 11.3 Å². The van der Waals surface area contributed by atoms with Crippen molar-refractivity contribution in [1.82, 2.24) is 4.90 Å². The predicted molar refractivity (Wildman–Crippen MR) is 83.4 cm³/mol. The fourth-order valence-corrected chi connectivity index (χ4v) is 3.96. The molecule has 0 aromatic heterocycles. The third-order valence-corrected chi connectivity index (χ3v) is 5.15. The minimum absolute atomic E-state index is 0.0478. The zero-order valence-electron chi connectivity index (χ0n) is 12.9. The molecule has 1 aliphatic carbocycles. The smallest absolute Gasteiger partial charge is 0.123 e. The van der Waals surface area contributed by atoms with Crippen molar-refractivity contribution < 1.29 is 9.47 Å². The number of nitrogens with two attached hydrogens (primary N) is 1. The Morgan fingerprint density at radius 1 is 1.38 bits per heavy atom. The summed E-state index contributed by atoms with van der Waals surface area (Å²) in [6.45, 7) is 3.17. The van der Waals surface area contributed by atoms with Gasteiger partial charge in [-0.25, -0.2) is 0 Å². The third-order valence-electron chi connectivity index (χ3n) is 5.15. The molecule has 2 N–H and O–H groups in total. The number of para-hydroxylation sites is 1. The van der Waals surface area contributed by atoms with E-state index in [1.54, 1.807) is 0 Å². The first-order valence-electron chi connectivity index (χ1n) is 7.99. The van der Waals surface area contributed by atoms with Crippen molar-refractivity contribution in [3.05, 3.63) is 29.8 Å². The van der Waals surface area contributed by atoms with E-state index in [1.807, 2.05) is 13.2 Å². The summed E-state index contributed by atoms with van der Waals surface area (Å²) in [5.41, 5.74) is 7.45. The normalized spacial score (nSPS) is 30.3. The van der Waals surface area contributed by atoms with Gasteiger partial charge in [-0.2, -0.15) is 0 Å². The van der Waals surface area contributed by atoms with Gasteiger partial charge in [0, 0.05) is 32.3 Å². The first-order valence-corrected chi connectivity index (χ1v) is 7.99. The van der Waals surface area contributed by atoms with E-state index >= 15 is 0 Å². The van der Waals surface area contributed by atoms with Crippen LogP contribution >= 0.6 is 0 Å². The minimum atomic E-state index is -0.0478. The van der Waals surface area contributed by atoms with E-state index in [9.17, 15) is 0 Å². The Balaban J connectivity index is 1.90. The van der Waals surface area contributed by atoms with Crippen LogP contribution in [0.25, 0.3) is 0 Å². The van der Waals surface area contributed by atoms with Crippen molar-refractivity contribution in [1.29, 1.82) is 0 Å². The molecule has 3 rings (SSSR count). The Bertz CT molecular complexity index is 480. The Kier molecular flexibility index (Phi) is 4.48. The van der Waals surface area contributed by atoms with Crippen LogP contribution in [0.4, 0.5) is 0 Å². The molecule has 0 spiro atoms. The molecule has 0 amide bonds. The summed E-state index contributed by atoms with van der Waals surface area (Å²) in [4.78, 5) is 2.51. The molecule has 1 aromatic carbocycles. The summed E-state index contributed by atoms with van der Waals surface area (Å²) in [6, 6.07) is 8.33. The lowest BCUT2D eigenvalue weighted by molar-refractivity contribution is -0.0798. The van der Waals surface area contributed by atoms with Gasteiger partial charge in [-0.05, 0) is 18.9 Å². The average Bonchev–Trinajstić information content (AvgIpc) is 2.77. The molecule has 2 aliphatic rings. The van der Waals surface area contributed by atoms with Gasteiger partial charge in [0.25, 0.3) is 0 Å². The topological polar surface area (TPSA) is 47.7 Å². The van der Waals surface area contributed by atoms with Crippen molar-refractivity contribution in [2.24, 2.45) is 5.73 Å². The number of ether oxygens (including phenoxy) is 2. The fraction of sp³-hybridized carbons (Fsp3) is 0.647. The van der Waals surface area contributed by atoms with Gasteiger partial charge >= 0.3 is 0 Å². The van der Waals surface area contributed by atoms with Gasteiger partial charge in [0.1, 0.15) is 12.4 Å². The lowest BCUT2D eigenvalue weighted by Gasteiger charge is -2.49. The lowest BCUT2D eigenvalue weighted by atomic mass is 9.77. The van der Waals surface area contributed by atoms with Crippen molar-refractivity contribution in [2.75, 3.05) is 26.8 Å². The van der Waals surface area contributed by atoms with E-state index in [2.05, 4.69) is 23.1 Å². The highest BCUT2D eigenvalue weighted by Gasteiger charge is 2.45. The van der Waals surface area contributed by atoms with E-state index in [0.29, 0.717) is 6.54 Å². The second kappa shape index (κ2) is 6.34. The zero-order chi connectivity index (χ0) is 14.7. The summed E-state index contributed by atoms with van der Waals surface area (Å²) >= 11 is 0. The zero-order valence-corrected chi connectivity index (χ0v) is 12.9. The van der Waals surface area contributed by atoms with Gasteiger partial charge in [0.15, 0.2) is 0 Å². The van der Waals surface area contributed by atoms with Crippen molar-refractivity contribution >= 4 is 0 Å². The number of hydrogen-bond donors (Lipinski definition) is 1. The lowest BCUT2D eigenvalue weighted by Crippen LogP contribution is -2.63. The van der Waals surface area contributed by atoms with Crippen LogP contribution in [0.3, 0.4) is 0 Å². The quantitative estimate of drug-likeness (QED) is 0.927. The van der Waals surface area contributed by atoms with Crippen LogP contribution in [0.5, 0.6) is 5.75 Å². The maximum absolute atomic E-state index is 6.24. The van der Waals surface area contributed by atoms with Crippen molar-refractivity contribution in [2.45, 2.75) is 43.9 Å². The minimum Gasteiger partial charge on any atom is -0.492 e. The summed E-state index contributed by atoms with van der Waals surface area (Å²) in [7, 11) is 1.82. The molecule has 21 heavy (non-hydrogen) atoms. The largest absolute Gasteiger partial charge is 0.492 e.